The minimum atomic E-state index is -4.35. The number of nitrogens with one attached hydrogen (secondary N) is 1. The molecule has 1 N–H and O–H groups in total. The molecule has 162 valence electrons. The molecule has 0 aliphatic carbocycles. The van der Waals surface area contributed by atoms with Gasteiger partial charge >= 0.3 is 6.18 Å². The summed E-state index contributed by atoms with van der Waals surface area (Å²) in [7, 11) is 3.45. The number of rotatable bonds is 5. The van der Waals surface area contributed by atoms with E-state index in [2.05, 4.69) is 15.2 Å². The van der Waals surface area contributed by atoms with Crippen molar-refractivity contribution in [1.29, 1.82) is 0 Å². The van der Waals surface area contributed by atoms with Crippen molar-refractivity contribution in [2.24, 2.45) is 10.9 Å². The first-order valence-electron chi connectivity index (χ1n) is 10.1. The van der Waals surface area contributed by atoms with Crippen LogP contribution in [0.25, 0.3) is 0 Å². The Hall–Kier alpha value is -1.80. The summed E-state index contributed by atoms with van der Waals surface area (Å²) in [6.07, 6.45) is -1.96. The van der Waals surface area contributed by atoms with Gasteiger partial charge in [0, 0.05) is 58.3 Å². The fourth-order valence-electron chi connectivity index (χ4n) is 4.33. The lowest BCUT2D eigenvalue weighted by Crippen LogP contribution is -2.49. The molecule has 0 spiro atoms. The van der Waals surface area contributed by atoms with Crippen LogP contribution in [0.3, 0.4) is 0 Å². The van der Waals surface area contributed by atoms with Gasteiger partial charge in [-0.3, -0.25) is 4.99 Å². The minimum Gasteiger partial charge on any atom is -0.384 e. The molecule has 1 atom stereocenters. The zero-order chi connectivity index (χ0) is 20.9. The Bertz CT molecular complexity index is 703. The number of methoxy groups -OCH3 is 1. The van der Waals surface area contributed by atoms with Gasteiger partial charge < -0.3 is 19.7 Å². The summed E-state index contributed by atoms with van der Waals surface area (Å²) in [5.74, 6) is 1.26. The van der Waals surface area contributed by atoms with Gasteiger partial charge in [-0.1, -0.05) is 18.2 Å². The van der Waals surface area contributed by atoms with Gasteiger partial charge in [-0.25, -0.2) is 0 Å². The first-order chi connectivity index (χ1) is 13.9. The molecular weight excluding hydrogens is 383 g/mol. The van der Waals surface area contributed by atoms with Crippen molar-refractivity contribution >= 4 is 5.96 Å². The van der Waals surface area contributed by atoms with Crippen LogP contribution in [0.2, 0.25) is 0 Å². The maximum absolute atomic E-state index is 13.3. The van der Waals surface area contributed by atoms with E-state index >= 15 is 0 Å². The monoisotopic (exact) mass is 413 g/mol. The molecule has 1 aromatic rings. The number of nitrogens with zero attached hydrogens (tertiary/aromatic N) is 2. The number of hydrogen-bond acceptors (Lipinski definition) is 3. The summed E-state index contributed by atoms with van der Waals surface area (Å²) in [6.45, 7) is 4.08. The third-order valence-corrected chi connectivity index (χ3v) is 6.04. The van der Waals surface area contributed by atoms with Crippen LogP contribution < -0.4 is 5.32 Å². The molecule has 2 fully saturated rings. The molecule has 0 bridgehead atoms. The van der Waals surface area contributed by atoms with Crippen molar-refractivity contribution in [2.45, 2.75) is 30.9 Å². The first kappa shape index (κ1) is 21.9. The zero-order valence-electron chi connectivity index (χ0n) is 17.1. The average Bonchev–Trinajstić information content (AvgIpc) is 3.17. The molecule has 2 aliphatic rings. The Morgan fingerprint density at radius 2 is 2.10 bits per heavy atom. The van der Waals surface area contributed by atoms with E-state index in [1.165, 1.54) is 12.1 Å². The highest BCUT2D eigenvalue weighted by molar-refractivity contribution is 5.80. The Morgan fingerprint density at radius 1 is 1.34 bits per heavy atom. The van der Waals surface area contributed by atoms with E-state index in [4.69, 9.17) is 9.47 Å². The van der Waals surface area contributed by atoms with Gasteiger partial charge in [0.15, 0.2) is 5.96 Å². The van der Waals surface area contributed by atoms with Crippen LogP contribution in [0, 0.1) is 5.92 Å². The Labute approximate surface area is 170 Å². The van der Waals surface area contributed by atoms with Crippen LogP contribution in [0.4, 0.5) is 13.2 Å². The second-order valence-electron chi connectivity index (χ2n) is 7.93. The third-order valence-electron chi connectivity index (χ3n) is 6.04. The molecule has 1 aromatic carbocycles. The molecule has 1 unspecified atom stereocenters. The smallest absolute Gasteiger partial charge is 0.384 e. The molecule has 2 aliphatic heterocycles. The maximum atomic E-state index is 13.3. The van der Waals surface area contributed by atoms with Gasteiger partial charge in [-0.05, 0) is 30.9 Å². The SMILES string of the molecule is CN=C(NCC1(c2cccc(C(F)(F)F)c2)CCOCC1)N1CCC(COC)C1. The van der Waals surface area contributed by atoms with Crippen molar-refractivity contribution in [1.82, 2.24) is 10.2 Å². The quantitative estimate of drug-likeness (QED) is 0.594. The lowest BCUT2D eigenvalue weighted by atomic mass is 9.73. The number of hydrogen-bond donors (Lipinski definition) is 1. The third kappa shape index (κ3) is 5.22. The normalized spacial score (nSPS) is 22.7. The minimum absolute atomic E-state index is 0.416. The van der Waals surface area contributed by atoms with Crippen LogP contribution >= 0.6 is 0 Å². The first-order valence-corrected chi connectivity index (χ1v) is 10.1. The number of alkyl halides is 3. The molecule has 0 aromatic heterocycles. The number of ether oxygens (including phenoxy) is 2. The van der Waals surface area contributed by atoms with Gasteiger partial charge in [0.05, 0.1) is 12.2 Å². The van der Waals surface area contributed by atoms with Gasteiger partial charge in [0.2, 0.25) is 0 Å². The van der Waals surface area contributed by atoms with Gasteiger partial charge in [-0.15, -0.1) is 0 Å². The van der Waals surface area contributed by atoms with Gasteiger partial charge in [0.1, 0.15) is 0 Å². The topological polar surface area (TPSA) is 46.1 Å². The summed E-state index contributed by atoms with van der Waals surface area (Å²) in [4.78, 5) is 6.61. The maximum Gasteiger partial charge on any atom is 0.416 e. The number of guanidine groups is 1. The van der Waals surface area contributed by atoms with E-state index in [0.717, 1.165) is 38.1 Å². The van der Waals surface area contributed by atoms with E-state index in [9.17, 15) is 13.2 Å². The Kier molecular flexibility index (Phi) is 7.05. The lowest BCUT2D eigenvalue weighted by Gasteiger charge is -2.39. The molecule has 0 radical (unpaired) electrons. The van der Waals surface area contributed by atoms with E-state index in [0.29, 0.717) is 44.1 Å². The highest BCUT2D eigenvalue weighted by Gasteiger charge is 2.38. The van der Waals surface area contributed by atoms with Crippen molar-refractivity contribution in [3.05, 3.63) is 35.4 Å². The second kappa shape index (κ2) is 9.34. The van der Waals surface area contributed by atoms with Gasteiger partial charge in [-0.2, -0.15) is 13.2 Å². The van der Waals surface area contributed by atoms with E-state index in [1.54, 1.807) is 20.2 Å². The van der Waals surface area contributed by atoms with Crippen LogP contribution in [0.1, 0.15) is 30.4 Å². The molecule has 3 rings (SSSR count). The van der Waals surface area contributed by atoms with Crippen LogP contribution in [0.15, 0.2) is 29.3 Å². The molecule has 29 heavy (non-hydrogen) atoms. The average molecular weight is 413 g/mol. The second-order valence-corrected chi connectivity index (χ2v) is 7.93. The van der Waals surface area contributed by atoms with E-state index in [-0.39, 0.29) is 0 Å². The summed E-state index contributed by atoms with van der Waals surface area (Å²) >= 11 is 0. The fraction of sp³-hybridized carbons (Fsp3) is 0.667. The number of halogens is 3. The predicted octanol–water partition coefficient (Wildman–Crippen LogP) is 3.30. The molecule has 2 saturated heterocycles. The molecule has 8 heteroatoms. The van der Waals surface area contributed by atoms with Gasteiger partial charge in [0.25, 0.3) is 0 Å². The Balaban J connectivity index is 1.76. The van der Waals surface area contributed by atoms with E-state index in [1.807, 2.05) is 0 Å². The number of aliphatic imine (C=N–C) groups is 1. The highest BCUT2D eigenvalue weighted by atomic mass is 19.4. The van der Waals surface area contributed by atoms with Crippen LogP contribution in [-0.4, -0.2) is 64.5 Å². The summed E-state index contributed by atoms with van der Waals surface area (Å²) < 4.78 is 50.5. The van der Waals surface area contributed by atoms with Crippen molar-refractivity contribution in [2.75, 3.05) is 53.6 Å². The van der Waals surface area contributed by atoms with Crippen LogP contribution in [0.5, 0.6) is 0 Å². The zero-order valence-corrected chi connectivity index (χ0v) is 17.1. The van der Waals surface area contributed by atoms with E-state index < -0.39 is 17.2 Å². The van der Waals surface area contributed by atoms with Crippen LogP contribution in [-0.2, 0) is 21.1 Å². The summed E-state index contributed by atoms with van der Waals surface area (Å²) in [5.41, 5.74) is -0.314. The summed E-state index contributed by atoms with van der Waals surface area (Å²) in [6, 6.07) is 5.72. The number of benzene rings is 1. The van der Waals surface area contributed by atoms with Crippen molar-refractivity contribution < 1.29 is 22.6 Å². The van der Waals surface area contributed by atoms with Crippen molar-refractivity contribution in [3.8, 4) is 0 Å². The molecule has 0 amide bonds. The molecule has 0 saturated carbocycles. The number of likely N-dealkylation sites (tertiary alicyclic amines) is 1. The fourth-order valence-corrected chi connectivity index (χ4v) is 4.33. The van der Waals surface area contributed by atoms with Crippen molar-refractivity contribution in [3.63, 3.8) is 0 Å². The Morgan fingerprint density at radius 3 is 2.76 bits per heavy atom. The summed E-state index contributed by atoms with van der Waals surface area (Å²) in [5, 5.41) is 3.44. The largest absolute Gasteiger partial charge is 0.416 e. The predicted molar refractivity (Wildman–Crippen MR) is 106 cm³/mol. The molecule has 5 nitrogen and oxygen atoms in total. The highest BCUT2D eigenvalue weighted by Crippen LogP contribution is 2.38. The lowest BCUT2D eigenvalue weighted by molar-refractivity contribution is -0.137. The molecule has 2 heterocycles. The molecular formula is C21H30F3N3O2. The standard InChI is InChI=1S/C21H30F3N3O2/c1-25-19(27-9-6-16(13-27)14-28-2)26-15-20(7-10-29-11-8-20)17-4-3-5-18(12-17)21(22,23)24/h3-5,12,16H,6-11,13-15H2,1-2H3,(H,25,26).